The van der Waals surface area contributed by atoms with Crippen molar-refractivity contribution in [3.05, 3.63) is 33.8 Å². The molecule has 1 aliphatic carbocycles. The van der Waals surface area contributed by atoms with Crippen molar-refractivity contribution < 1.29 is 5.11 Å². The normalized spacial score (nSPS) is 23.2. The van der Waals surface area contributed by atoms with Crippen LogP contribution in [0.5, 0.6) is 0 Å². The molecule has 0 radical (unpaired) electrons. The lowest BCUT2D eigenvalue weighted by molar-refractivity contribution is 0.137. The zero-order valence-corrected chi connectivity index (χ0v) is 15.2. The maximum absolute atomic E-state index is 11.9. The van der Waals surface area contributed by atoms with Gasteiger partial charge in [-0.05, 0) is 32.3 Å². The summed E-state index contributed by atoms with van der Waals surface area (Å²) in [6.45, 7) is 4.62. The van der Waals surface area contributed by atoms with E-state index in [2.05, 4.69) is 27.3 Å². The lowest BCUT2D eigenvalue weighted by atomic mass is 10.0. The van der Waals surface area contributed by atoms with Crippen molar-refractivity contribution in [2.45, 2.75) is 45.1 Å². The van der Waals surface area contributed by atoms with Crippen LogP contribution >= 0.6 is 0 Å². The third-order valence-electron chi connectivity index (χ3n) is 4.97. The van der Waals surface area contributed by atoms with E-state index in [0.29, 0.717) is 18.9 Å². The van der Waals surface area contributed by atoms with Crippen LogP contribution in [0.25, 0.3) is 0 Å². The molecule has 1 aliphatic rings. The number of hydrogen-bond donors (Lipinski definition) is 2. The summed E-state index contributed by atoms with van der Waals surface area (Å²) < 4.78 is 2.92. The van der Waals surface area contributed by atoms with E-state index < -0.39 is 6.10 Å². The third kappa shape index (κ3) is 3.58. The molecule has 25 heavy (non-hydrogen) atoms. The third-order valence-corrected chi connectivity index (χ3v) is 4.97. The molecule has 3 atom stereocenters. The lowest BCUT2D eigenvalue weighted by Gasteiger charge is -2.15. The molecule has 2 N–H and O–H groups in total. The zero-order valence-electron chi connectivity index (χ0n) is 15.2. The van der Waals surface area contributed by atoms with Gasteiger partial charge in [-0.25, -0.2) is 19.4 Å². The van der Waals surface area contributed by atoms with Gasteiger partial charge in [0.05, 0.1) is 6.10 Å². The molecular formula is C17H26N6O2. The molecule has 0 spiro atoms. The highest BCUT2D eigenvalue weighted by Gasteiger charge is 2.36. The number of aryl methyl sites for hydroxylation is 3. The van der Waals surface area contributed by atoms with E-state index in [1.54, 1.807) is 18.7 Å². The van der Waals surface area contributed by atoms with Crippen LogP contribution in [-0.2, 0) is 20.5 Å². The Hall–Kier alpha value is -2.22. The van der Waals surface area contributed by atoms with E-state index >= 15 is 0 Å². The van der Waals surface area contributed by atoms with Crippen LogP contribution in [0.3, 0.4) is 0 Å². The van der Waals surface area contributed by atoms with Gasteiger partial charge in [0.2, 0.25) is 5.95 Å². The van der Waals surface area contributed by atoms with Gasteiger partial charge in [-0.2, -0.15) is 5.10 Å². The smallest absolute Gasteiger partial charge is 0.345 e. The van der Waals surface area contributed by atoms with Crippen molar-refractivity contribution >= 4 is 5.95 Å². The predicted octanol–water partition coefficient (Wildman–Crippen LogP) is 0.746. The first kappa shape index (κ1) is 17.6. The standard InChI is InChI=1S/C17H26N6O2/c1-5-13-6-10(2)19-16(20-13)18-9-12-7-11(8-14(12)24)15-21-23(4)17(25)22(15)3/h6,11-12,14,24H,5,7-9H2,1-4H3,(H,18,19,20)/t11-,12+,14+/m0/s1. The summed E-state index contributed by atoms with van der Waals surface area (Å²) in [6.07, 6.45) is 1.83. The van der Waals surface area contributed by atoms with Gasteiger partial charge in [-0.15, -0.1) is 0 Å². The molecule has 1 saturated carbocycles. The van der Waals surface area contributed by atoms with E-state index in [4.69, 9.17) is 0 Å². The Bertz CT molecular complexity index is 812. The number of nitrogens with one attached hydrogen (secondary N) is 1. The van der Waals surface area contributed by atoms with Gasteiger partial charge in [0.15, 0.2) is 0 Å². The van der Waals surface area contributed by atoms with Crippen molar-refractivity contribution in [3.63, 3.8) is 0 Å². The molecule has 0 bridgehead atoms. The quantitative estimate of drug-likeness (QED) is 0.829. The van der Waals surface area contributed by atoms with Crippen LogP contribution in [0.2, 0.25) is 0 Å². The molecule has 0 saturated heterocycles. The predicted molar refractivity (Wildman–Crippen MR) is 94.6 cm³/mol. The van der Waals surface area contributed by atoms with Gasteiger partial charge in [0.1, 0.15) is 5.82 Å². The minimum absolute atomic E-state index is 0.0799. The Morgan fingerprint density at radius 2 is 2.08 bits per heavy atom. The number of anilines is 1. The second-order valence-electron chi connectivity index (χ2n) is 6.88. The highest BCUT2D eigenvalue weighted by atomic mass is 16.3. The molecule has 8 nitrogen and oxygen atoms in total. The van der Waals surface area contributed by atoms with Crippen LogP contribution in [-0.4, -0.2) is 42.1 Å². The number of aliphatic hydroxyl groups excluding tert-OH is 1. The SMILES string of the molecule is CCc1cc(C)nc(NC[C@H]2C[C@H](c3nn(C)c(=O)n3C)C[C@H]2O)n1. The first-order valence-corrected chi connectivity index (χ1v) is 8.75. The number of hydrogen-bond acceptors (Lipinski definition) is 6. The molecule has 0 aliphatic heterocycles. The Morgan fingerprint density at radius 3 is 2.72 bits per heavy atom. The number of nitrogens with zero attached hydrogens (tertiary/aromatic N) is 5. The van der Waals surface area contributed by atoms with E-state index in [-0.39, 0.29) is 17.5 Å². The number of rotatable bonds is 5. The summed E-state index contributed by atoms with van der Waals surface area (Å²) in [6, 6.07) is 1.98. The molecule has 8 heteroatoms. The first-order valence-electron chi connectivity index (χ1n) is 8.75. The largest absolute Gasteiger partial charge is 0.393 e. The van der Waals surface area contributed by atoms with Crippen LogP contribution < -0.4 is 11.0 Å². The van der Waals surface area contributed by atoms with Crippen molar-refractivity contribution in [1.82, 2.24) is 24.3 Å². The Kier molecular flexibility index (Phi) is 4.89. The monoisotopic (exact) mass is 346 g/mol. The van der Waals surface area contributed by atoms with Crippen molar-refractivity contribution in [2.24, 2.45) is 20.0 Å². The molecular weight excluding hydrogens is 320 g/mol. The van der Waals surface area contributed by atoms with Crippen LogP contribution in [0.4, 0.5) is 5.95 Å². The summed E-state index contributed by atoms with van der Waals surface area (Å²) in [5.74, 6) is 1.52. The van der Waals surface area contributed by atoms with Crippen LogP contribution in [0.1, 0.15) is 42.9 Å². The van der Waals surface area contributed by atoms with Gasteiger partial charge in [-0.3, -0.25) is 4.57 Å². The van der Waals surface area contributed by atoms with E-state index in [1.165, 1.54) is 4.68 Å². The maximum atomic E-state index is 11.9. The average Bonchev–Trinajstić information content (AvgIpc) is 3.07. The summed E-state index contributed by atoms with van der Waals surface area (Å²) in [7, 11) is 3.38. The molecule has 0 amide bonds. The summed E-state index contributed by atoms with van der Waals surface area (Å²) >= 11 is 0. The van der Waals surface area contributed by atoms with E-state index in [9.17, 15) is 9.90 Å². The van der Waals surface area contributed by atoms with Crippen molar-refractivity contribution in [1.29, 1.82) is 0 Å². The minimum Gasteiger partial charge on any atom is -0.393 e. The fourth-order valence-electron chi connectivity index (χ4n) is 3.58. The maximum Gasteiger partial charge on any atom is 0.345 e. The van der Waals surface area contributed by atoms with E-state index in [0.717, 1.165) is 30.1 Å². The molecule has 2 aromatic rings. The minimum atomic E-state index is -0.426. The fraction of sp³-hybridized carbons (Fsp3) is 0.647. The Morgan fingerprint density at radius 1 is 1.32 bits per heavy atom. The lowest BCUT2D eigenvalue weighted by Crippen LogP contribution is -2.23. The number of aromatic nitrogens is 5. The molecule has 136 valence electrons. The second-order valence-corrected chi connectivity index (χ2v) is 6.88. The molecule has 2 heterocycles. The van der Waals surface area contributed by atoms with Crippen LogP contribution in [0, 0.1) is 12.8 Å². The van der Waals surface area contributed by atoms with Crippen molar-refractivity contribution in [2.75, 3.05) is 11.9 Å². The molecule has 1 fully saturated rings. The zero-order chi connectivity index (χ0) is 18.1. The first-order chi connectivity index (χ1) is 11.9. The molecule has 0 unspecified atom stereocenters. The van der Waals surface area contributed by atoms with Gasteiger partial charge >= 0.3 is 5.69 Å². The number of aliphatic hydroxyl groups is 1. The summed E-state index contributed by atoms with van der Waals surface area (Å²) in [4.78, 5) is 20.8. The highest BCUT2D eigenvalue weighted by molar-refractivity contribution is 5.28. The fourth-order valence-corrected chi connectivity index (χ4v) is 3.58. The summed E-state index contributed by atoms with van der Waals surface area (Å²) in [5.41, 5.74) is 1.80. The van der Waals surface area contributed by atoms with Gasteiger partial charge in [0, 0.05) is 43.9 Å². The van der Waals surface area contributed by atoms with Crippen LogP contribution in [0.15, 0.2) is 10.9 Å². The van der Waals surface area contributed by atoms with Gasteiger partial charge < -0.3 is 10.4 Å². The van der Waals surface area contributed by atoms with Gasteiger partial charge in [-0.1, -0.05) is 6.92 Å². The molecule has 0 aromatic carbocycles. The van der Waals surface area contributed by atoms with Crippen molar-refractivity contribution in [3.8, 4) is 0 Å². The molecule has 3 rings (SSSR count). The van der Waals surface area contributed by atoms with Gasteiger partial charge in [0.25, 0.3) is 0 Å². The Balaban J connectivity index is 1.67. The summed E-state index contributed by atoms with van der Waals surface area (Å²) in [5, 5.41) is 18.0. The molecule has 2 aromatic heterocycles. The topological polar surface area (TPSA) is 97.9 Å². The highest BCUT2D eigenvalue weighted by Crippen LogP contribution is 2.37. The van der Waals surface area contributed by atoms with E-state index in [1.807, 2.05) is 13.0 Å². The second kappa shape index (κ2) is 6.95. The average molecular weight is 346 g/mol. The Labute approximate surface area is 146 Å².